The number of aliphatic hydroxyl groups excluding tert-OH is 1. The molecule has 0 aliphatic carbocycles. The van der Waals surface area contributed by atoms with Crippen LogP contribution in [-0.2, 0) is 22.4 Å². The maximum atomic E-state index is 11.8. The zero-order chi connectivity index (χ0) is 30.3. The van der Waals surface area contributed by atoms with Gasteiger partial charge < -0.3 is 36.1 Å². The highest BCUT2D eigenvalue weighted by atomic mass is 16.5. The Labute approximate surface area is 250 Å². The number of carbonyl (C=O) groups excluding carboxylic acids is 1. The lowest BCUT2D eigenvalue weighted by Gasteiger charge is -2.31. The van der Waals surface area contributed by atoms with Gasteiger partial charge >= 0.3 is 5.97 Å². The zero-order valence-electron chi connectivity index (χ0n) is 25.4. The fourth-order valence-corrected chi connectivity index (χ4v) is 5.53. The van der Waals surface area contributed by atoms with Crippen molar-refractivity contribution in [3.05, 3.63) is 59.7 Å². The van der Waals surface area contributed by atoms with Gasteiger partial charge in [0.2, 0.25) is 0 Å². The number of carbonyl (C=O) groups is 1. The summed E-state index contributed by atoms with van der Waals surface area (Å²) in [6, 6.07) is 16.2. The van der Waals surface area contributed by atoms with Crippen LogP contribution < -0.4 is 21.1 Å². The second kappa shape index (κ2) is 17.6. The van der Waals surface area contributed by atoms with E-state index in [2.05, 4.69) is 46.8 Å². The fraction of sp³-hybridized carbons (Fsp3) is 0.576. The van der Waals surface area contributed by atoms with Crippen molar-refractivity contribution in [2.75, 3.05) is 20.1 Å². The molecule has 3 rings (SSSR count). The van der Waals surface area contributed by atoms with E-state index in [1.165, 1.54) is 12.5 Å². The molecule has 9 heteroatoms. The van der Waals surface area contributed by atoms with E-state index in [-0.39, 0.29) is 17.8 Å². The van der Waals surface area contributed by atoms with Crippen molar-refractivity contribution in [1.29, 1.82) is 0 Å². The molecule has 1 fully saturated rings. The molecule has 2 aromatic carbocycles. The Balaban J connectivity index is 1.52. The van der Waals surface area contributed by atoms with E-state index in [4.69, 9.17) is 15.2 Å². The van der Waals surface area contributed by atoms with Gasteiger partial charge in [-0.05, 0) is 80.7 Å². The number of phenolic OH excluding ortho intramolecular Hbond substituents is 1. The minimum atomic E-state index is -0.581. The van der Waals surface area contributed by atoms with Gasteiger partial charge in [0.05, 0.1) is 6.10 Å². The number of aliphatic hydroxyl groups is 1. The number of hydrogen-bond acceptors (Lipinski definition) is 7. The number of ether oxygens (including phenoxy) is 2. The number of nitrogens with one attached hydrogen (secondary N) is 2. The predicted molar refractivity (Wildman–Crippen MR) is 167 cm³/mol. The lowest BCUT2D eigenvalue weighted by atomic mass is 9.95. The molecule has 42 heavy (non-hydrogen) atoms. The summed E-state index contributed by atoms with van der Waals surface area (Å²) in [5, 5.41) is 28.0. The van der Waals surface area contributed by atoms with Gasteiger partial charge in [-0.1, -0.05) is 49.7 Å². The lowest BCUT2D eigenvalue weighted by molar-refractivity contribution is -0.148. The Bertz CT molecular complexity index is 1110. The van der Waals surface area contributed by atoms with E-state index in [9.17, 15) is 15.0 Å². The first-order chi connectivity index (χ1) is 20.2. The second-order valence-electron chi connectivity index (χ2n) is 11.4. The summed E-state index contributed by atoms with van der Waals surface area (Å²) in [7, 11) is 1.64. The van der Waals surface area contributed by atoms with Crippen LogP contribution in [-0.4, -0.2) is 66.6 Å². The number of aliphatic imine (C=N–C) groups is 1. The summed E-state index contributed by atoms with van der Waals surface area (Å²) in [5.41, 5.74) is 8.01. The summed E-state index contributed by atoms with van der Waals surface area (Å²) < 4.78 is 11.9. The van der Waals surface area contributed by atoms with Crippen molar-refractivity contribution in [2.24, 2.45) is 16.6 Å². The molecule has 1 heterocycles. The molecule has 0 spiro atoms. The number of esters is 1. The van der Waals surface area contributed by atoms with Crippen molar-refractivity contribution in [1.82, 2.24) is 10.6 Å². The molecule has 0 saturated carbocycles. The van der Waals surface area contributed by atoms with Crippen LogP contribution >= 0.6 is 0 Å². The maximum Gasteiger partial charge on any atom is 0.302 e. The summed E-state index contributed by atoms with van der Waals surface area (Å²) in [5.74, 6) is 1.01. The SMILES string of the molecule is CCC(CCC(O)CC(CCc1ccc(O)c(OC2CCNC(Cc3ccccc3)C2)c1)OC(C)=O)CNC(N)=NC. The first-order valence-electron chi connectivity index (χ1n) is 15.3. The van der Waals surface area contributed by atoms with Crippen LogP contribution in [0.3, 0.4) is 0 Å². The number of benzene rings is 2. The van der Waals surface area contributed by atoms with Crippen molar-refractivity contribution in [2.45, 2.75) is 96.0 Å². The van der Waals surface area contributed by atoms with E-state index < -0.39 is 12.2 Å². The molecule has 0 bridgehead atoms. The van der Waals surface area contributed by atoms with Crippen LogP contribution in [0.1, 0.15) is 69.9 Å². The Kier molecular flexibility index (Phi) is 13.9. The minimum Gasteiger partial charge on any atom is -0.504 e. The quantitative estimate of drug-likeness (QED) is 0.113. The average molecular weight is 583 g/mol. The van der Waals surface area contributed by atoms with E-state index in [0.29, 0.717) is 55.9 Å². The third-order valence-electron chi connectivity index (χ3n) is 8.01. The van der Waals surface area contributed by atoms with Gasteiger partial charge in [-0.3, -0.25) is 9.79 Å². The Morgan fingerprint density at radius 3 is 2.67 bits per heavy atom. The van der Waals surface area contributed by atoms with Crippen LogP contribution in [0.4, 0.5) is 0 Å². The zero-order valence-corrected chi connectivity index (χ0v) is 25.4. The number of aryl methyl sites for hydroxylation is 1. The number of guanidine groups is 1. The maximum absolute atomic E-state index is 11.8. The van der Waals surface area contributed by atoms with Crippen molar-refractivity contribution < 1.29 is 24.5 Å². The smallest absolute Gasteiger partial charge is 0.302 e. The predicted octanol–water partition coefficient (Wildman–Crippen LogP) is 4.09. The molecular formula is C33H50N4O5. The van der Waals surface area contributed by atoms with Gasteiger partial charge in [-0.25, -0.2) is 0 Å². The highest BCUT2D eigenvalue weighted by Crippen LogP contribution is 2.31. The minimum absolute atomic E-state index is 0.0119. The highest BCUT2D eigenvalue weighted by Gasteiger charge is 2.24. The highest BCUT2D eigenvalue weighted by molar-refractivity contribution is 5.77. The fourth-order valence-electron chi connectivity index (χ4n) is 5.53. The first kappa shape index (κ1) is 33.2. The van der Waals surface area contributed by atoms with E-state index in [1.54, 1.807) is 13.1 Å². The second-order valence-corrected chi connectivity index (χ2v) is 11.4. The van der Waals surface area contributed by atoms with Gasteiger partial charge in [0, 0.05) is 33.0 Å². The topological polar surface area (TPSA) is 138 Å². The van der Waals surface area contributed by atoms with Crippen molar-refractivity contribution in [3.63, 3.8) is 0 Å². The third-order valence-corrected chi connectivity index (χ3v) is 8.01. The van der Waals surface area contributed by atoms with Gasteiger partial charge in [-0.15, -0.1) is 0 Å². The van der Waals surface area contributed by atoms with Crippen LogP contribution in [0.5, 0.6) is 11.5 Å². The van der Waals surface area contributed by atoms with Crippen molar-refractivity contribution >= 4 is 11.9 Å². The van der Waals surface area contributed by atoms with E-state index in [1.807, 2.05) is 18.2 Å². The Morgan fingerprint density at radius 1 is 1.17 bits per heavy atom. The molecule has 2 aromatic rings. The molecule has 0 amide bonds. The average Bonchev–Trinajstić information content (AvgIpc) is 2.97. The third kappa shape index (κ3) is 11.9. The number of aromatic hydroxyl groups is 1. The summed E-state index contributed by atoms with van der Waals surface area (Å²) in [4.78, 5) is 15.7. The van der Waals surface area contributed by atoms with Crippen LogP contribution in [0, 0.1) is 5.92 Å². The number of piperidine rings is 1. The van der Waals surface area contributed by atoms with Gasteiger partial charge in [0.25, 0.3) is 0 Å². The Morgan fingerprint density at radius 2 is 1.95 bits per heavy atom. The summed E-state index contributed by atoms with van der Waals surface area (Å²) in [6.45, 7) is 5.08. The molecule has 5 atom stereocenters. The lowest BCUT2D eigenvalue weighted by Crippen LogP contribution is -2.43. The molecule has 6 N–H and O–H groups in total. The van der Waals surface area contributed by atoms with Crippen LogP contribution in [0.25, 0.3) is 0 Å². The molecule has 0 aromatic heterocycles. The Hall–Kier alpha value is -3.30. The standard InChI is InChI=1S/C33H50N4O5/c1-4-24(22-37-33(34)35-3)10-13-28(39)21-29(41-23(2)38)14-11-26-12-15-31(40)32(19-26)42-30-16-17-36-27(20-30)18-25-8-6-5-7-9-25/h5-9,12,15,19,24,27-30,36,39-40H,4,10-11,13-14,16-18,20-22H2,1-3H3,(H3,34,35,37). The van der Waals surface area contributed by atoms with Gasteiger partial charge in [0.1, 0.15) is 12.2 Å². The number of hydrogen-bond donors (Lipinski definition) is 5. The van der Waals surface area contributed by atoms with Crippen molar-refractivity contribution in [3.8, 4) is 11.5 Å². The number of rotatable bonds is 16. The largest absolute Gasteiger partial charge is 0.504 e. The van der Waals surface area contributed by atoms with Crippen LogP contribution in [0.2, 0.25) is 0 Å². The van der Waals surface area contributed by atoms with E-state index in [0.717, 1.165) is 44.2 Å². The molecule has 1 aliphatic rings. The van der Waals surface area contributed by atoms with Gasteiger partial charge in [0.15, 0.2) is 17.5 Å². The van der Waals surface area contributed by atoms with E-state index >= 15 is 0 Å². The summed E-state index contributed by atoms with van der Waals surface area (Å²) >= 11 is 0. The molecule has 9 nitrogen and oxygen atoms in total. The molecule has 232 valence electrons. The normalized spacial score (nSPS) is 19.5. The number of nitrogens with two attached hydrogens (primary N) is 1. The number of phenols is 1. The van der Waals surface area contributed by atoms with Crippen LogP contribution in [0.15, 0.2) is 53.5 Å². The van der Waals surface area contributed by atoms with Gasteiger partial charge in [-0.2, -0.15) is 0 Å². The molecule has 0 radical (unpaired) electrons. The molecule has 5 unspecified atom stereocenters. The monoisotopic (exact) mass is 582 g/mol. The first-order valence-corrected chi connectivity index (χ1v) is 15.3. The summed E-state index contributed by atoms with van der Waals surface area (Å²) in [6.07, 6.45) is 5.67. The molecule has 1 aliphatic heterocycles. The molecular weight excluding hydrogens is 532 g/mol. The number of nitrogens with zero attached hydrogens (tertiary/aromatic N) is 1. The molecule has 1 saturated heterocycles.